The zero-order valence-corrected chi connectivity index (χ0v) is 7.80. The second-order valence-electron chi connectivity index (χ2n) is 3.20. The lowest BCUT2D eigenvalue weighted by Crippen LogP contribution is -2.14. The van der Waals surface area contributed by atoms with Gasteiger partial charge in [0, 0.05) is 10.8 Å². The number of thiophene rings is 1. The number of rotatable bonds is 1. The molecule has 2 nitrogen and oxygen atoms in total. The highest BCUT2D eigenvalue weighted by Crippen LogP contribution is 2.28. The first kappa shape index (κ1) is 8.23. The summed E-state index contributed by atoms with van der Waals surface area (Å²) in [5.74, 6) is 0.204. The van der Waals surface area contributed by atoms with E-state index in [1.54, 1.807) is 11.3 Å². The largest absolute Gasteiger partial charge is 0.390 e. The van der Waals surface area contributed by atoms with Crippen LogP contribution in [0.25, 0.3) is 0 Å². The summed E-state index contributed by atoms with van der Waals surface area (Å²) in [4.78, 5) is 1.30. The van der Waals surface area contributed by atoms with Crippen molar-refractivity contribution in [2.24, 2.45) is 0 Å². The number of aryl methyl sites for hydroxylation is 1. The van der Waals surface area contributed by atoms with E-state index >= 15 is 0 Å². The Morgan fingerprint density at radius 2 is 2.42 bits per heavy atom. The summed E-state index contributed by atoms with van der Waals surface area (Å²) in [5, 5.41) is 11.6. The van der Waals surface area contributed by atoms with Crippen LogP contribution < -0.4 is 0 Å². The molecule has 1 fully saturated rings. The second-order valence-corrected chi connectivity index (χ2v) is 4.32. The Morgan fingerprint density at radius 3 is 2.92 bits per heavy atom. The molecule has 0 saturated carbocycles. The molecule has 0 bridgehead atoms. The van der Waals surface area contributed by atoms with Crippen LogP contribution in [0.15, 0.2) is 11.4 Å². The smallest absolute Gasteiger partial charge is 0.0864 e. The molecule has 2 atom stereocenters. The topological polar surface area (TPSA) is 29.5 Å². The molecule has 12 heavy (non-hydrogen) atoms. The van der Waals surface area contributed by atoms with Crippen LogP contribution in [-0.2, 0) is 4.74 Å². The Bertz CT molecular complexity index is 269. The predicted molar refractivity (Wildman–Crippen MR) is 48.6 cm³/mol. The van der Waals surface area contributed by atoms with E-state index in [4.69, 9.17) is 4.74 Å². The lowest BCUT2D eigenvalue weighted by molar-refractivity contribution is 0.124. The zero-order valence-electron chi connectivity index (χ0n) is 6.99. The Labute approximate surface area is 75.8 Å². The molecule has 66 valence electrons. The Morgan fingerprint density at radius 1 is 1.58 bits per heavy atom. The van der Waals surface area contributed by atoms with E-state index in [1.165, 1.54) is 10.4 Å². The van der Waals surface area contributed by atoms with Crippen molar-refractivity contribution in [2.75, 3.05) is 13.2 Å². The zero-order chi connectivity index (χ0) is 8.55. The molecule has 3 heteroatoms. The van der Waals surface area contributed by atoms with Crippen molar-refractivity contribution in [1.29, 1.82) is 0 Å². The third kappa shape index (κ3) is 1.40. The van der Waals surface area contributed by atoms with Crippen molar-refractivity contribution in [1.82, 2.24) is 0 Å². The lowest BCUT2D eigenvalue weighted by Gasteiger charge is -2.09. The van der Waals surface area contributed by atoms with E-state index in [2.05, 4.69) is 18.4 Å². The van der Waals surface area contributed by atoms with Crippen LogP contribution in [0.1, 0.15) is 16.4 Å². The van der Waals surface area contributed by atoms with Crippen molar-refractivity contribution in [3.05, 3.63) is 21.9 Å². The van der Waals surface area contributed by atoms with E-state index in [1.807, 2.05) is 0 Å². The van der Waals surface area contributed by atoms with E-state index in [0.29, 0.717) is 13.2 Å². The molecule has 1 aromatic heterocycles. The normalized spacial score (nSPS) is 29.5. The number of ether oxygens (including phenoxy) is 1. The molecule has 0 aromatic carbocycles. The third-order valence-electron chi connectivity index (χ3n) is 2.23. The monoisotopic (exact) mass is 184 g/mol. The number of aliphatic hydroxyl groups is 1. The molecule has 0 unspecified atom stereocenters. The van der Waals surface area contributed by atoms with Gasteiger partial charge < -0.3 is 9.84 Å². The molecule has 0 amide bonds. The van der Waals surface area contributed by atoms with E-state index in [-0.39, 0.29) is 12.0 Å². The van der Waals surface area contributed by atoms with Gasteiger partial charge in [0.25, 0.3) is 0 Å². The lowest BCUT2D eigenvalue weighted by atomic mass is 9.99. The molecule has 1 aromatic rings. The third-order valence-corrected chi connectivity index (χ3v) is 3.11. The maximum atomic E-state index is 9.53. The van der Waals surface area contributed by atoms with Crippen LogP contribution in [0.4, 0.5) is 0 Å². The molecule has 2 heterocycles. The molecule has 1 aliphatic heterocycles. The van der Waals surface area contributed by atoms with Gasteiger partial charge in [0.2, 0.25) is 0 Å². The van der Waals surface area contributed by atoms with Gasteiger partial charge in [0.05, 0.1) is 19.3 Å². The summed E-state index contributed by atoms with van der Waals surface area (Å²) >= 11 is 1.73. The first-order chi connectivity index (χ1) is 5.77. The quantitative estimate of drug-likeness (QED) is 0.717. The van der Waals surface area contributed by atoms with Crippen LogP contribution in [0.3, 0.4) is 0 Å². The highest BCUT2D eigenvalue weighted by molar-refractivity contribution is 7.10. The summed E-state index contributed by atoms with van der Waals surface area (Å²) in [5.41, 5.74) is 1.22. The van der Waals surface area contributed by atoms with Crippen molar-refractivity contribution in [3.63, 3.8) is 0 Å². The summed E-state index contributed by atoms with van der Waals surface area (Å²) in [6.45, 7) is 3.23. The molecular formula is C9H12O2S. The van der Waals surface area contributed by atoms with Crippen LogP contribution in [0.5, 0.6) is 0 Å². The van der Waals surface area contributed by atoms with Gasteiger partial charge >= 0.3 is 0 Å². The Hall–Kier alpha value is -0.380. The minimum Gasteiger partial charge on any atom is -0.390 e. The second kappa shape index (κ2) is 3.17. The van der Waals surface area contributed by atoms with Gasteiger partial charge in [-0.25, -0.2) is 0 Å². The van der Waals surface area contributed by atoms with Gasteiger partial charge in [-0.2, -0.15) is 0 Å². The van der Waals surface area contributed by atoms with E-state index in [9.17, 15) is 5.11 Å². The van der Waals surface area contributed by atoms with Crippen LogP contribution >= 0.6 is 11.3 Å². The average molecular weight is 184 g/mol. The predicted octanol–water partition coefficient (Wildman–Crippen LogP) is 1.53. The van der Waals surface area contributed by atoms with Crippen LogP contribution in [-0.4, -0.2) is 24.4 Å². The summed E-state index contributed by atoms with van der Waals surface area (Å²) in [6, 6.07) is 2.13. The first-order valence-corrected chi connectivity index (χ1v) is 4.96. The maximum absolute atomic E-state index is 9.53. The molecular weight excluding hydrogens is 172 g/mol. The van der Waals surface area contributed by atoms with Crippen molar-refractivity contribution in [3.8, 4) is 0 Å². The van der Waals surface area contributed by atoms with Gasteiger partial charge in [-0.05, 0) is 23.9 Å². The minimum atomic E-state index is -0.306. The highest BCUT2D eigenvalue weighted by Gasteiger charge is 2.27. The Balaban J connectivity index is 2.19. The minimum absolute atomic E-state index is 0.204. The van der Waals surface area contributed by atoms with E-state index < -0.39 is 0 Å². The average Bonchev–Trinajstić information content (AvgIpc) is 2.58. The summed E-state index contributed by atoms with van der Waals surface area (Å²) < 4.78 is 5.19. The molecule has 0 aliphatic carbocycles. The molecule has 0 radical (unpaired) electrons. The SMILES string of the molecule is Cc1cc([C@@H]2COC[C@H]2O)cs1. The number of hydrogen-bond donors (Lipinski definition) is 1. The number of aliphatic hydroxyl groups excluding tert-OH is 1. The van der Waals surface area contributed by atoms with Gasteiger partial charge in [-0.3, -0.25) is 0 Å². The van der Waals surface area contributed by atoms with Gasteiger partial charge in [0.1, 0.15) is 0 Å². The molecule has 2 rings (SSSR count). The molecule has 1 aliphatic rings. The van der Waals surface area contributed by atoms with Gasteiger partial charge in [-0.1, -0.05) is 0 Å². The molecule has 0 spiro atoms. The van der Waals surface area contributed by atoms with Crippen molar-refractivity contribution >= 4 is 11.3 Å². The maximum Gasteiger partial charge on any atom is 0.0864 e. The van der Waals surface area contributed by atoms with Crippen molar-refractivity contribution < 1.29 is 9.84 Å². The molecule has 1 saturated heterocycles. The van der Waals surface area contributed by atoms with Gasteiger partial charge in [0.15, 0.2) is 0 Å². The Kier molecular flexibility index (Phi) is 2.17. The van der Waals surface area contributed by atoms with Gasteiger partial charge in [-0.15, -0.1) is 11.3 Å². The standard InChI is InChI=1S/C9H12O2S/c1-6-2-7(5-12-6)8-3-11-4-9(8)10/h2,5,8-10H,3-4H2,1H3/t8-,9+/m0/s1. The fraction of sp³-hybridized carbons (Fsp3) is 0.556. The fourth-order valence-corrected chi connectivity index (χ4v) is 2.29. The molecule has 1 N–H and O–H groups in total. The van der Waals surface area contributed by atoms with Crippen molar-refractivity contribution in [2.45, 2.75) is 18.9 Å². The summed E-state index contributed by atoms with van der Waals surface area (Å²) in [7, 11) is 0. The van der Waals surface area contributed by atoms with E-state index in [0.717, 1.165) is 0 Å². The fourth-order valence-electron chi connectivity index (χ4n) is 1.52. The van der Waals surface area contributed by atoms with Crippen LogP contribution in [0.2, 0.25) is 0 Å². The first-order valence-electron chi connectivity index (χ1n) is 4.08. The number of hydrogen-bond acceptors (Lipinski definition) is 3. The highest BCUT2D eigenvalue weighted by atomic mass is 32.1. The summed E-state index contributed by atoms with van der Waals surface area (Å²) in [6.07, 6.45) is -0.306. The van der Waals surface area contributed by atoms with Crippen LogP contribution in [0, 0.1) is 6.92 Å².